The van der Waals surface area contributed by atoms with Crippen molar-refractivity contribution in [2.45, 2.75) is 38.5 Å². The summed E-state index contributed by atoms with van der Waals surface area (Å²) < 4.78 is 0. The molecule has 2 heterocycles. The first kappa shape index (κ1) is 20.1. The summed E-state index contributed by atoms with van der Waals surface area (Å²) >= 11 is 1.73. The lowest BCUT2D eigenvalue weighted by molar-refractivity contribution is -0.150. The number of amides is 2. The van der Waals surface area contributed by atoms with Crippen LogP contribution in [0.4, 0.5) is 0 Å². The summed E-state index contributed by atoms with van der Waals surface area (Å²) in [6, 6.07) is 12.7. The number of carbonyl (C=O) groups excluding carboxylic acids is 2. The van der Waals surface area contributed by atoms with Gasteiger partial charge in [0, 0.05) is 38.0 Å². The van der Waals surface area contributed by atoms with Crippen molar-refractivity contribution in [3.8, 4) is 10.4 Å². The molecule has 0 spiro atoms. The van der Waals surface area contributed by atoms with Crippen molar-refractivity contribution in [3.05, 3.63) is 47.3 Å². The average Bonchev–Trinajstić information content (AvgIpc) is 3.21. The lowest BCUT2D eigenvalue weighted by Crippen LogP contribution is -2.55. The fourth-order valence-electron chi connectivity index (χ4n) is 4.77. The molecule has 29 heavy (non-hydrogen) atoms. The molecule has 1 saturated heterocycles. The van der Waals surface area contributed by atoms with Gasteiger partial charge in [0.25, 0.3) is 0 Å². The predicted octanol–water partition coefficient (Wildman–Crippen LogP) is 4.45. The molecule has 4 rings (SSSR count). The molecule has 1 aromatic carbocycles. The number of thiophene rings is 1. The van der Waals surface area contributed by atoms with Crippen LogP contribution in [0.25, 0.3) is 10.4 Å². The Balaban J connectivity index is 1.61. The fraction of sp³-hybridized carbons (Fsp3) is 0.500. The van der Waals surface area contributed by atoms with E-state index in [-0.39, 0.29) is 17.7 Å². The molecule has 1 aliphatic carbocycles. The Morgan fingerprint density at radius 3 is 2.66 bits per heavy atom. The number of hydrogen-bond acceptors (Lipinski definition) is 3. The third-order valence-corrected chi connectivity index (χ3v) is 7.40. The third kappa shape index (κ3) is 4.11. The van der Waals surface area contributed by atoms with Gasteiger partial charge in [0.2, 0.25) is 11.8 Å². The molecular formula is C24H30N2O2S. The number of benzene rings is 1. The normalized spacial score (nSPS) is 22.2. The summed E-state index contributed by atoms with van der Waals surface area (Å²) in [6.45, 7) is 1.33. The van der Waals surface area contributed by atoms with Crippen molar-refractivity contribution in [3.63, 3.8) is 0 Å². The number of rotatable bonds is 5. The van der Waals surface area contributed by atoms with Gasteiger partial charge in [0.05, 0.1) is 5.41 Å². The maximum atomic E-state index is 13.3. The average molecular weight is 411 g/mol. The molecule has 1 saturated carbocycles. The summed E-state index contributed by atoms with van der Waals surface area (Å²) in [6.07, 6.45) is 5.57. The van der Waals surface area contributed by atoms with E-state index in [1.54, 1.807) is 16.2 Å². The maximum absolute atomic E-state index is 13.3. The number of likely N-dealkylation sites (tertiary alicyclic amines) is 1. The van der Waals surface area contributed by atoms with Gasteiger partial charge in [-0.05, 0) is 54.7 Å². The number of nitrogens with zero attached hydrogens (tertiary/aromatic N) is 2. The zero-order valence-corrected chi connectivity index (χ0v) is 18.2. The highest BCUT2D eigenvalue weighted by Crippen LogP contribution is 2.38. The first-order valence-corrected chi connectivity index (χ1v) is 11.5. The SMILES string of the molecule is CN(C)C(=O)[C@@]1(Cc2cccc(-c3cccs3)c2)CCCN(C(=O)C2CCC2)C1. The van der Waals surface area contributed by atoms with Crippen LogP contribution in [0, 0.1) is 11.3 Å². The molecule has 1 atom stereocenters. The summed E-state index contributed by atoms with van der Waals surface area (Å²) in [7, 11) is 3.66. The van der Waals surface area contributed by atoms with Crippen LogP contribution in [0.2, 0.25) is 0 Å². The van der Waals surface area contributed by atoms with Crippen LogP contribution in [0.15, 0.2) is 41.8 Å². The number of carbonyl (C=O) groups is 2. The Hall–Kier alpha value is -2.14. The van der Waals surface area contributed by atoms with Gasteiger partial charge >= 0.3 is 0 Å². The highest BCUT2D eigenvalue weighted by molar-refractivity contribution is 7.13. The van der Waals surface area contributed by atoms with Crippen LogP contribution in [-0.4, -0.2) is 48.8 Å². The first-order chi connectivity index (χ1) is 14.0. The largest absolute Gasteiger partial charge is 0.348 e. The van der Waals surface area contributed by atoms with Crippen molar-refractivity contribution >= 4 is 23.2 Å². The monoisotopic (exact) mass is 410 g/mol. The summed E-state index contributed by atoms with van der Waals surface area (Å²) in [5.41, 5.74) is 1.84. The van der Waals surface area contributed by atoms with Gasteiger partial charge in [0.1, 0.15) is 0 Å². The molecule has 0 radical (unpaired) electrons. The molecule has 154 valence electrons. The molecule has 0 N–H and O–H groups in total. The second kappa shape index (κ2) is 8.31. The topological polar surface area (TPSA) is 40.6 Å². The molecule has 2 amide bonds. The van der Waals surface area contributed by atoms with E-state index in [4.69, 9.17) is 0 Å². The van der Waals surface area contributed by atoms with Crippen LogP contribution in [-0.2, 0) is 16.0 Å². The Kier molecular flexibility index (Phi) is 5.77. The second-order valence-corrected chi connectivity index (χ2v) is 9.77. The van der Waals surface area contributed by atoms with Crippen LogP contribution < -0.4 is 0 Å². The smallest absolute Gasteiger partial charge is 0.230 e. The molecule has 2 aromatic rings. The van der Waals surface area contributed by atoms with E-state index in [0.29, 0.717) is 13.0 Å². The quantitative estimate of drug-likeness (QED) is 0.730. The van der Waals surface area contributed by atoms with Crippen LogP contribution in [0.3, 0.4) is 0 Å². The lowest BCUT2D eigenvalue weighted by atomic mass is 9.73. The van der Waals surface area contributed by atoms with Crippen LogP contribution >= 0.6 is 11.3 Å². The molecule has 2 fully saturated rings. The molecule has 1 aromatic heterocycles. The van der Waals surface area contributed by atoms with Crippen molar-refractivity contribution < 1.29 is 9.59 Å². The van der Waals surface area contributed by atoms with E-state index in [9.17, 15) is 9.59 Å². The Morgan fingerprint density at radius 2 is 2.00 bits per heavy atom. The summed E-state index contributed by atoms with van der Waals surface area (Å²) in [4.78, 5) is 31.2. The van der Waals surface area contributed by atoms with Gasteiger partial charge in [-0.2, -0.15) is 0 Å². The minimum atomic E-state index is -0.533. The summed E-state index contributed by atoms with van der Waals surface area (Å²) in [5, 5.41) is 2.09. The van der Waals surface area contributed by atoms with E-state index in [0.717, 1.165) is 38.6 Å². The van der Waals surface area contributed by atoms with Gasteiger partial charge in [-0.15, -0.1) is 11.3 Å². The highest BCUT2D eigenvalue weighted by Gasteiger charge is 2.45. The van der Waals surface area contributed by atoms with Crippen molar-refractivity contribution in [1.82, 2.24) is 9.80 Å². The Morgan fingerprint density at radius 1 is 1.17 bits per heavy atom. The van der Waals surface area contributed by atoms with Gasteiger partial charge < -0.3 is 9.80 Å². The Labute approximate surface area is 177 Å². The molecule has 5 heteroatoms. The van der Waals surface area contributed by atoms with E-state index < -0.39 is 5.41 Å². The first-order valence-electron chi connectivity index (χ1n) is 10.6. The lowest BCUT2D eigenvalue weighted by Gasteiger charge is -2.44. The standard InChI is InChI=1S/C24H30N2O2S/c1-25(2)23(28)24(12-6-13-26(17-24)22(27)19-8-4-9-19)16-18-7-3-10-20(15-18)21-11-5-14-29-21/h3,5,7,10-11,14-15,19H,4,6,8-9,12-13,16-17H2,1-2H3/t24-/m1/s1. The van der Waals surface area contributed by atoms with Gasteiger partial charge in [0.15, 0.2) is 0 Å². The molecule has 2 aliphatic rings. The second-order valence-electron chi connectivity index (χ2n) is 8.83. The minimum Gasteiger partial charge on any atom is -0.348 e. The van der Waals surface area contributed by atoms with Crippen molar-refractivity contribution in [1.29, 1.82) is 0 Å². The third-order valence-electron chi connectivity index (χ3n) is 6.48. The van der Waals surface area contributed by atoms with Gasteiger partial charge in [-0.1, -0.05) is 36.8 Å². The van der Waals surface area contributed by atoms with Crippen molar-refractivity contribution in [2.75, 3.05) is 27.2 Å². The fourth-order valence-corrected chi connectivity index (χ4v) is 5.49. The highest BCUT2D eigenvalue weighted by atomic mass is 32.1. The molecule has 1 aliphatic heterocycles. The van der Waals surface area contributed by atoms with Gasteiger partial charge in [-0.25, -0.2) is 0 Å². The van der Waals surface area contributed by atoms with Gasteiger partial charge in [-0.3, -0.25) is 9.59 Å². The van der Waals surface area contributed by atoms with Crippen molar-refractivity contribution in [2.24, 2.45) is 11.3 Å². The molecule has 4 nitrogen and oxygen atoms in total. The predicted molar refractivity (Wildman–Crippen MR) is 118 cm³/mol. The Bertz CT molecular complexity index is 873. The summed E-state index contributed by atoms with van der Waals surface area (Å²) in [5.74, 6) is 0.590. The van der Waals surface area contributed by atoms with E-state index in [1.807, 2.05) is 19.0 Å². The molecule has 0 unspecified atom stereocenters. The molecule has 0 bridgehead atoms. The zero-order valence-electron chi connectivity index (χ0n) is 17.4. The van der Waals surface area contributed by atoms with E-state index in [1.165, 1.54) is 16.0 Å². The van der Waals surface area contributed by atoms with Crippen LogP contribution in [0.5, 0.6) is 0 Å². The maximum Gasteiger partial charge on any atom is 0.230 e. The minimum absolute atomic E-state index is 0.144. The van der Waals surface area contributed by atoms with Crippen LogP contribution in [0.1, 0.15) is 37.7 Å². The number of hydrogen-bond donors (Lipinski definition) is 0. The number of piperidine rings is 1. The molecular weight excluding hydrogens is 380 g/mol. The van der Waals surface area contributed by atoms with E-state index in [2.05, 4.69) is 41.8 Å². The zero-order chi connectivity index (χ0) is 20.4. The van der Waals surface area contributed by atoms with E-state index >= 15 is 0 Å².